The first kappa shape index (κ1) is 17.8. The number of carbonyl (C=O) groups excluding carboxylic acids is 1. The number of phenolic OH excluding ortho intramolecular Hbond substituents is 1. The highest BCUT2D eigenvalue weighted by Gasteiger charge is 2.17. The van der Waals surface area contributed by atoms with E-state index in [0.29, 0.717) is 28.1 Å². The Labute approximate surface area is 153 Å². The van der Waals surface area contributed by atoms with Crippen molar-refractivity contribution in [3.63, 3.8) is 0 Å². The molecule has 0 spiro atoms. The van der Waals surface area contributed by atoms with Crippen molar-refractivity contribution in [1.29, 1.82) is 0 Å². The lowest BCUT2D eigenvalue weighted by atomic mass is 10.1. The van der Waals surface area contributed by atoms with Gasteiger partial charge in [0.25, 0.3) is 5.91 Å². The van der Waals surface area contributed by atoms with E-state index in [0.717, 1.165) is 12.1 Å². The van der Waals surface area contributed by atoms with Gasteiger partial charge in [-0.05, 0) is 24.3 Å². The smallest absolute Gasteiger partial charge is 0.258 e. The average Bonchev–Trinajstić information content (AvgIpc) is 2.63. The van der Waals surface area contributed by atoms with Crippen LogP contribution in [0.25, 0.3) is 10.9 Å². The summed E-state index contributed by atoms with van der Waals surface area (Å²) in [5, 5.41) is 12.6. The first-order chi connectivity index (χ1) is 12.4. The van der Waals surface area contributed by atoms with Gasteiger partial charge in [0.15, 0.2) is 11.5 Å². The van der Waals surface area contributed by atoms with Crippen LogP contribution < -0.4 is 14.8 Å². The Bertz CT molecular complexity index is 1010. The fraction of sp³-hybridized carbons (Fsp3) is 0.111. The predicted octanol–water partition coefficient (Wildman–Crippen LogP) is 4.00. The van der Waals surface area contributed by atoms with E-state index in [1.54, 1.807) is 18.2 Å². The Balaban J connectivity index is 2.03. The standard InChI is InChI=1S/C18H14ClFN2O4/c1-25-16-6-10-13(3-4-21-14(10)8-17(16)26-2)22-18(24)9-5-15(23)11(19)7-12(9)20/h3-8,23H,1-2H3,(H,21,22,24). The minimum atomic E-state index is -0.845. The molecule has 3 rings (SSSR count). The van der Waals surface area contributed by atoms with Gasteiger partial charge in [0.1, 0.15) is 11.6 Å². The van der Waals surface area contributed by atoms with Crippen LogP contribution in [-0.4, -0.2) is 30.2 Å². The number of hydrogen-bond acceptors (Lipinski definition) is 5. The largest absolute Gasteiger partial charge is 0.506 e. The lowest BCUT2D eigenvalue weighted by molar-refractivity contribution is 0.102. The molecule has 0 aliphatic rings. The molecule has 0 saturated heterocycles. The van der Waals surface area contributed by atoms with Crippen molar-refractivity contribution >= 4 is 34.1 Å². The molecule has 1 amide bonds. The number of aromatic hydroxyl groups is 1. The molecule has 6 nitrogen and oxygen atoms in total. The molecule has 0 atom stereocenters. The van der Waals surface area contributed by atoms with Crippen LogP contribution in [0.15, 0.2) is 36.5 Å². The predicted molar refractivity (Wildman–Crippen MR) is 95.9 cm³/mol. The number of carbonyl (C=O) groups is 1. The molecule has 0 bridgehead atoms. The van der Waals surface area contributed by atoms with E-state index in [1.165, 1.54) is 20.4 Å². The first-order valence-electron chi connectivity index (χ1n) is 7.44. The molecule has 0 aliphatic heterocycles. The Morgan fingerprint density at radius 3 is 2.58 bits per heavy atom. The first-order valence-corrected chi connectivity index (χ1v) is 7.82. The zero-order valence-corrected chi connectivity index (χ0v) is 14.6. The lowest BCUT2D eigenvalue weighted by Gasteiger charge is -2.12. The summed E-state index contributed by atoms with van der Waals surface area (Å²) in [7, 11) is 3.00. The van der Waals surface area contributed by atoms with Crippen molar-refractivity contribution < 1.29 is 23.8 Å². The molecule has 0 fully saturated rings. The highest BCUT2D eigenvalue weighted by Crippen LogP contribution is 2.34. The van der Waals surface area contributed by atoms with Crippen LogP contribution in [0.1, 0.15) is 10.4 Å². The topological polar surface area (TPSA) is 80.7 Å². The zero-order chi connectivity index (χ0) is 18.8. The zero-order valence-electron chi connectivity index (χ0n) is 13.8. The van der Waals surface area contributed by atoms with Crippen LogP contribution in [0.5, 0.6) is 17.2 Å². The number of nitrogens with one attached hydrogen (secondary N) is 1. The highest BCUT2D eigenvalue weighted by molar-refractivity contribution is 6.32. The third-order valence-corrected chi connectivity index (χ3v) is 4.08. The quantitative estimate of drug-likeness (QED) is 0.719. The number of hydrogen-bond donors (Lipinski definition) is 2. The van der Waals surface area contributed by atoms with Crippen molar-refractivity contribution in [3.8, 4) is 17.2 Å². The van der Waals surface area contributed by atoms with E-state index in [-0.39, 0.29) is 16.3 Å². The summed E-state index contributed by atoms with van der Waals surface area (Å²) in [5.41, 5.74) is 0.618. The van der Waals surface area contributed by atoms with E-state index < -0.39 is 11.7 Å². The van der Waals surface area contributed by atoms with Crippen LogP contribution in [0.4, 0.5) is 10.1 Å². The Hall–Kier alpha value is -3.06. The monoisotopic (exact) mass is 376 g/mol. The maximum atomic E-state index is 14.0. The fourth-order valence-corrected chi connectivity index (χ4v) is 2.63. The number of anilines is 1. The summed E-state index contributed by atoms with van der Waals surface area (Å²) < 4.78 is 24.5. The molecule has 0 aliphatic carbocycles. The summed E-state index contributed by atoms with van der Waals surface area (Å²) >= 11 is 5.64. The Morgan fingerprint density at radius 1 is 1.19 bits per heavy atom. The third kappa shape index (κ3) is 3.21. The van der Waals surface area contributed by atoms with Crippen molar-refractivity contribution in [1.82, 2.24) is 4.98 Å². The number of nitrogens with zero attached hydrogens (tertiary/aromatic N) is 1. The summed E-state index contributed by atoms with van der Waals surface area (Å²) in [5.74, 6) is -1.02. The molecule has 3 aromatic rings. The second-order valence-corrected chi connectivity index (χ2v) is 5.73. The number of halogens is 2. The van der Waals surface area contributed by atoms with Crippen molar-refractivity contribution in [2.75, 3.05) is 19.5 Å². The van der Waals surface area contributed by atoms with Gasteiger partial charge in [-0.15, -0.1) is 0 Å². The molecule has 1 heterocycles. The second kappa shape index (κ2) is 7.05. The van der Waals surface area contributed by atoms with Gasteiger partial charge in [-0.1, -0.05) is 11.6 Å². The lowest BCUT2D eigenvalue weighted by Crippen LogP contribution is -2.14. The maximum absolute atomic E-state index is 14.0. The molecular weight excluding hydrogens is 363 g/mol. The number of rotatable bonds is 4. The number of amides is 1. The van der Waals surface area contributed by atoms with Crippen LogP contribution in [0, 0.1) is 5.82 Å². The summed E-state index contributed by atoms with van der Waals surface area (Å²) in [4.78, 5) is 16.7. The minimum Gasteiger partial charge on any atom is -0.506 e. The molecule has 2 N–H and O–H groups in total. The van der Waals surface area contributed by atoms with E-state index in [1.807, 2.05) is 0 Å². The molecule has 0 saturated carbocycles. The van der Waals surface area contributed by atoms with Crippen LogP contribution >= 0.6 is 11.6 Å². The van der Waals surface area contributed by atoms with E-state index in [9.17, 15) is 14.3 Å². The number of methoxy groups -OCH3 is 2. The van der Waals surface area contributed by atoms with Gasteiger partial charge in [0.2, 0.25) is 0 Å². The Morgan fingerprint density at radius 2 is 1.88 bits per heavy atom. The maximum Gasteiger partial charge on any atom is 0.258 e. The van der Waals surface area contributed by atoms with Gasteiger partial charge in [-0.3, -0.25) is 9.78 Å². The van der Waals surface area contributed by atoms with E-state index in [2.05, 4.69) is 10.3 Å². The van der Waals surface area contributed by atoms with Gasteiger partial charge in [-0.25, -0.2) is 4.39 Å². The van der Waals surface area contributed by atoms with E-state index in [4.69, 9.17) is 21.1 Å². The van der Waals surface area contributed by atoms with Crippen LogP contribution in [0.2, 0.25) is 5.02 Å². The van der Waals surface area contributed by atoms with Gasteiger partial charge in [0, 0.05) is 17.6 Å². The molecule has 0 unspecified atom stereocenters. The molecule has 0 radical (unpaired) electrons. The van der Waals surface area contributed by atoms with Crippen molar-refractivity contribution in [2.24, 2.45) is 0 Å². The Kier molecular flexibility index (Phi) is 4.81. The second-order valence-electron chi connectivity index (χ2n) is 5.32. The number of fused-ring (bicyclic) bond motifs is 1. The molecule has 2 aromatic carbocycles. The molecule has 134 valence electrons. The van der Waals surface area contributed by atoms with Crippen molar-refractivity contribution in [2.45, 2.75) is 0 Å². The van der Waals surface area contributed by atoms with Gasteiger partial charge in [-0.2, -0.15) is 0 Å². The third-order valence-electron chi connectivity index (χ3n) is 3.78. The van der Waals surface area contributed by atoms with Crippen LogP contribution in [-0.2, 0) is 0 Å². The molecule has 26 heavy (non-hydrogen) atoms. The van der Waals surface area contributed by atoms with Gasteiger partial charge in [0.05, 0.1) is 36.0 Å². The number of pyridine rings is 1. The van der Waals surface area contributed by atoms with Crippen LogP contribution in [0.3, 0.4) is 0 Å². The minimum absolute atomic E-state index is 0.176. The van der Waals surface area contributed by atoms with Gasteiger partial charge >= 0.3 is 0 Å². The summed E-state index contributed by atoms with van der Waals surface area (Å²) in [6, 6.07) is 6.75. The summed E-state index contributed by atoms with van der Waals surface area (Å²) in [6.07, 6.45) is 1.50. The average molecular weight is 377 g/mol. The highest BCUT2D eigenvalue weighted by atomic mass is 35.5. The SMILES string of the molecule is COc1cc2nccc(NC(=O)c3cc(O)c(Cl)cc3F)c2cc1OC. The summed E-state index contributed by atoms with van der Waals surface area (Å²) in [6.45, 7) is 0. The van der Waals surface area contributed by atoms with E-state index >= 15 is 0 Å². The normalized spacial score (nSPS) is 10.6. The number of ether oxygens (including phenoxy) is 2. The fourth-order valence-electron chi connectivity index (χ4n) is 2.48. The number of phenols is 1. The molecular formula is C18H14ClFN2O4. The van der Waals surface area contributed by atoms with Crippen molar-refractivity contribution in [3.05, 3.63) is 52.9 Å². The van der Waals surface area contributed by atoms with Gasteiger partial charge < -0.3 is 19.9 Å². The number of benzene rings is 2. The number of aromatic nitrogens is 1. The molecule has 8 heteroatoms. The molecule has 1 aromatic heterocycles.